The molecule has 5 nitrogen and oxygen atoms in total. The summed E-state index contributed by atoms with van der Waals surface area (Å²) in [5, 5.41) is 7.14. The van der Waals surface area contributed by atoms with Crippen molar-refractivity contribution in [3.8, 4) is 17.1 Å². The molecule has 0 aliphatic carbocycles. The molecule has 2 aromatic carbocycles. The van der Waals surface area contributed by atoms with E-state index in [1.807, 2.05) is 24.3 Å². The van der Waals surface area contributed by atoms with Gasteiger partial charge in [-0.2, -0.15) is 4.98 Å². The number of benzene rings is 2. The molecule has 0 saturated carbocycles. The number of nitrogens with zero attached hydrogens (tertiary/aromatic N) is 2. The van der Waals surface area contributed by atoms with E-state index in [9.17, 15) is 4.39 Å². The Balaban J connectivity index is 1.69. The van der Waals surface area contributed by atoms with E-state index in [0.29, 0.717) is 22.4 Å². The summed E-state index contributed by atoms with van der Waals surface area (Å²) >= 11 is 5.71. The Kier molecular flexibility index (Phi) is 4.43. The average Bonchev–Trinajstić information content (AvgIpc) is 3.03. The molecule has 0 saturated heterocycles. The van der Waals surface area contributed by atoms with Crippen LogP contribution in [0.1, 0.15) is 5.89 Å². The van der Waals surface area contributed by atoms with Gasteiger partial charge >= 0.3 is 0 Å². The lowest BCUT2D eigenvalue weighted by Gasteiger charge is -2.04. The van der Waals surface area contributed by atoms with Crippen LogP contribution < -0.4 is 10.1 Å². The Bertz CT molecular complexity index is 805. The van der Waals surface area contributed by atoms with E-state index in [1.165, 1.54) is 6.07 Å². The third-order valence-electron chi connectivity index (χ3n) is 3.18. The fourth-order valence-electron chi connectivity index (χ4n) is 1.99. The minimum absolute atomic E-state index is 0.210. The first-order chi connectivity index (χ1) is 11.2. The summed E-state index contributed by atoms with van der Waals surface area (Å²) in [7, 11) is 1.60. The summed E-state index contributed by atoms with van der Waals surface area (Å²) in [5.74, 6) is 1.12. The van der Waals surface area contributed by atoms with Crippen molar-refractivity contribution in [3.05, 3.63) is 59.2 Å². The Morgan fingerprint density at radius 2 is 2.00 bits per heavy atom. The molecule has 7 heteroatoms. The zero-order chi connectivity index (χ0) is 16.2. The molecule has 3 rings (SSSR count). The van der Waals surface area contributed by atoms with E-state index in [2.05, 4.69) is 15.5 Å². The lowest BCUT2D eigenvalue weighted by Crippen LogP contribution is -2.01. The van der Waals surface area contributed by atoms with Gasteiger partial charge in [0.15, 0.2) is 0 Å². The molecule has 0 bridgehead atoms. The van der Waals surface area contributed by atoms with Gasteiger partial charge in [-0.1, -0.05) is 16.8 Å². The highest BCUT2D eigenvalue weighted by atomic mass is 35.5. The predicted molar refractivity (Wildman–Crippen MR) is 85.0 cm³/mol. The zero-order valence-electron chi connectivity index (χ0n) is 12.2. The van der Waals surface area contributed by atoms with Gasteiger partial charge in [0.05, 0.1) is 19.3 Å². The monoisotopic (exact) mass is 333 g/mol. The molecule has 0 unspecified atom stereocenters. The molecular formula is C16H13ClFN3O2. The van der Waals surface area contributed by atoms with E-state index in [4.69, 9.17) is 20.9 Å². The number of ether oxygens (including phenoxy) is 1. The van der Waals surface area contributed by atoms with Gasteiger partial charge < -0.3 is 14.6 Å². The van der Waals surface area contributed by atoms with Crippen molar-refractivity contribution in [2.75, 3.05) is 12.4 Å². The van der Waals surface area contributed by atoms with Crippen molar-refractivity contribution in [3.63, 3.8) is 0 Å². The Morgan fingerprint density at radius 1 is 1.22 bits per heavy atom. The first kappa shape index (κ1) is 15.3. The van der Waals surface area contributed by atoms with Crippen LogP contribution in [0.15, 0.2) is 47.0 Å². The number of methoxy groups -OCH3 is 1. The van der Waals surface area contributed by atoms with Crippen LogP contribution in [0.4, 0.5) is 10.1 Å². The molecular weight excluding hydrogens is 321 g/mol. The van der Waals surface area contributed by atoms with Crippen LogP contribution in [0.3, 0.4) is 0 Å². The molecule has 0 amide bonds. The molecule has 0 radical (unpaired) electrons. The third kappa shape index (κ3) is 3.60. The molecule has 0 atom stereocenters. The topological polar surface area (TPSA) is 60.2 Å². The summed E-state index contributed by atoms with van der Waals surface area (Å²) in [6, 6.07) is 11.7. The van der Waals surface area contributed by atoms with Crippen LogP contribution in [-0.2, 0) is 6.54 Å². The number of hydrogen-bond acceptors (Lipinski definition) is 5. The van der Waals surface area contributed by atoms with Crippen LogP contribution in [0.5, 0.6) is 5.75 Å². The minimum Gasteiger partial charge on any atom is -0.497 e. The van der Waals surface area contributed by atoms with E-state index >= 15 is 0 Å². The van der Waals surface area contributed by atoms with E-state index in [1.54, 1.807) is 19.2 Å². The van der Waals surface area contributed by atoms with Crippen LogP contribution >= 0.6 is 11.6 Å². The lowest BCUT2D eigenvalue weighted by atomic mass is 10.2. The maximum absolute atomic E-state index is 13.7. The normalized spacial score (nSPS) is 10.6. The lowest BCUT2D eigenvalue weighted by molar-refractivity contribution is 0.384. The summed E-state index contributed by atoms with van der Waals surface area (Å²) in [6.45, 7) is 0.210. The van der Waals surface area contributed by atoms with Crippen molar-refractivity contribution in [1.29, 1.82) is 0 Å². The molecule has 0 aliphatic rings. The molecule has 1 aromatic heterocycles. The first-order valence-electron chi connectivity index (χ1n) is 6.81. The Morgan fingerprint density at radius 3 is 2.70 bits per heavy atom. The molecule has 3 aromatic rings. The van der Waals surface area contributed by atoms with Gasteiger partial charge in [0.25, 0.3) is 0 Å². The quantitative estimate of drug-likeness (QED) is 0.760. The second-order valence-corrected chi connectivity index (χ2v) is 5.15. The van der Waals surface area contributed by atoms with E-state index in [0.717, 1.165) is 11.3 Å². The van der Waals surface area contributed by atoms with Gasteiger partial charge in [-0.3, -0.25) is 0 Å². The summed E-state index contributed by atoms with van der Waals surface area (Å²) in [6.07, 6.45) is 0. The first-order valence-corrected chi connectivity index (χ1v) is 7.19. The highest BCUT2D eigenvalue weighted by Crippen LogP contribution is 2.21. The van der Waals surface area contributed by atoms with E-state index in [-0.39, 0.29) is 6.54 Å². The smallest absolute Gasteiger partial charge is 0.246 e. The Labute approximate surface area is 137 Å². The standard InChI is InChI=1S/C16H13ClFN3O2/c1-22-12-5-2-10(3-6-12)16-20-15(23-21-16)9-19-14-7-4-11(17)8-13(14)18/h2-8,19H,9H2,1H3. The fourth-order valence-corrected chi connectivity index (χ4v) is 2.15. The molecule has 0 aliphatic heterocycles. The maximum Gasteiger partial charge on any atom is 0.246 e. The van der Waals surface area contributed by atoms with Crippen LogP contribution in [0.2, 0.25) is 5.02 Å². The molecule has 23 heavy (non-hydrogen) atoms. The van der Waals surface area contributed by atoms with Crippen LogP contribution in [0.25, 0.3) is 11.4 Å². The highest BCUT2D eigenvalue weighted by Gasteiger charge is 2.10. The second-order valence-electron chi connectivity index (χ2n) is 4.72. The van der Waals surface area contributed by atoms with Crippen molar-refractivity contribution in [2.45, 2.75) is 6.54 Å². The van der Waals surface area contributed by atoms with Crippen LogP contribution in [-0.4, -0.2) is 17.3 Å². The zero-order valence-corrected chi connectivity index (χ0v) is 13.0. The largest absolute Gasteiger partial charge is 0.497 e. The summed E-state index contributed by atoms with van der Waals surface area (Å²) in [4.78, 5) is 4.27. The summed E-state index contributed by atoms with van der Waals surface area (Å²) in [5.41, 5.74) is 1.12. The van der Waals surface area contributed by atoms with Gasteiger partial charge in [-0.15, -0.1) is 0 Å². The number of halogens is 2. The third-order valence-corrected chi connectivity index (χ3v) is 3.41. The van der Waals surface area contributed by atoms with Gasteiger partial charge in [0.1, 0.15) is 11.6 Å². The maximum atomic E-state index is 13.7. The molecule has 1 heterocycles. The molecule has 1 N–H and O–H groups in total. The molecule has 0 fully saturated rings. The Hall–Kier alpha value is -2.60. The van der Waals surface area contributed by atoms with Gasteiger partial charge in [-0.25, -0.2) is 4.39 Å². The van der Waals surface area contributed by atoms with Gasteiger partial charge in [0.2, 0.25) is 11.7 Å². The van der Waals surface area contributed by atoms with Crippen molar-refractivity contribution in [2.24, 2.45) is 0 Å². The highest BCUT2D eigenvalue weighted by molar-refractivity contribution is 6.30. The molecule has 118 valence electrons. The summed E-state index contributed by atoms with van der Waals surface area (Å²) < 4.78 is 23.9. The number of hydrogen-bond donors (Lipinski definition) is 1. The van der Waals surface area contributed by atoms with Crippen LogP contribution in [0, 0.1) is 5.82 Å². The number of anilines is 1. The number of aromatic nitrogens is 2. The number of nitrogens with one attached hydrogen (secondary N) is 1. The molecule has 0 spiro atoms. The second kappa shape index (κ2) is 6.66. The predicted octanol–water partition coefficient (Wildman–Crippen LogP) is 4.15. The SMILES string of the molecule is COc1ccc(-c2noc(CNc3ccc(Cl)cc3F)n2)cc1. The van der Waals surface area contributed by atoms with Crippen molar-refractivity contribution < 1.29 is 13.7 Å². The van der Waals surface area contributed by atoms with Gasteiger partial charge in [-0.05, 0) is 42.5 Å². The van der Waals surface area contributed by atoms with Crippen molar-refractivity contribution >= 4 is 17.3 Å². The van der Waals surface area contributed by atoms with Gasteiger partial charge in [0, 0.05) is 10.6 Å². The fraction of sp³-hybridized carbons (Fsp3) is 0.125. The average molecular weight is 334 g/mol. The van der Waals surface area contributed by atoms with E-state index < -0.39 is 5.82 Å². The minimum atomic E-state index is -0.438. The van der Waals surface area contributed by atoms with Crippen molar-refractivity contribution in [1.82, 2.24) is 10.1 Å². The number of rotatable bonds is 5.